The zero-order valence-electron chi connectivity index (χ0n) is 12.2. The SMILES string of the molecule is CC(C)c1ccccc1NCc1ccn(C(C)C)n1. The third-order valence-corrected chi connectivity index (χ3v) is 3.24. The highest BCUT2D eigenvalue weighted by molar-refractivity contribution is 5.52. The predicted molar refractivity (Wildman–Crippen MR) is 80.5 cm³/mol. The number of aromatic nitrogens is 2. The Morgan fingerprint density at radius 3 is 2.47 bits per heavy atom. The van der Waals surface area contributed by atoms with E-state index >= 15 is 0 Å². The second-order valence-electron chi connectivity index (χ2n) is 5.48. The summed E-state index contributed by atoms with van der Waals surface area (Å²) in [7, 11) is 0. The Morgan fingerprint density at radius 2 is 1.84 bits per heavy atom. The van der Waals surface area contributed by atoms with Crippen LogP contribution >= 0.6 is 0 Å². The summed E-state index contributed by atoms with van der Waals surface area (Å²) in [5.41, 5.74) is 3.63. The van der Waals surface area contributed by atoms with Gasteiger partial charge >= 0.3 is 0 Å². The molecule has 0 unspecified atom stereocenters. The second kappa shape index (κ2) is 5.91. The largest absolute Gasteiger partial charge is 0.379 e. The van der Waals surface area contributed by atoms with Gasteiger partial charge in [0.15, 0.2) is 0 Å². The molecule has 0 bridgehead atoms. The van der Waals surface area contributed by atoms with Crippen LogP contribution in [-0.4, -0.2) is 9.78 Å². The smallest absolute Gasteiger partial charge is 0.0815 e. The molecule has 2 aromatic rings. The maximum Gasteiger partial charge on any atom is 0.0815 e. The number of para-hydroxylation sites is 1. The Labute approximate surface area is 115 Å². The van der Waals surface area contributed by atoms with Crippen LogP contribution in [0.25, 0.3) is 0 Å². The van der Waals surface area contributed by atoms with Crippen molar-refractivity contribution in [1.29, 1.82) is 0 Å². The molecule has 0 aliphatic heterocycles. The third-order valence-electron chi connectivity index (χ3n) is 3.24. The topological polar surface area (TPSA) is 29.9 Å². The van der Waals surface area contributed by atoms with E-state index in [4.69, 9.17) is 0 Å². The molecule has 1 heterocycles. The van der Waals surface area contributed by atoms with Gasteiger partial charge in [0.25, 0.3) is 0 Å². The van der Waals surface area contributed by atoms with Crippen LogP contribution in [0.3, 0.4) is 0 Å². The lowest BCUT2D eigenvalue weighted by Crippen LogP contribution is -2.06. The van der Waals surface area contributed by atoms with E-state index in [9.17, 15) is 0 Å². The van der Waals surface area contributed by atoms with Gasteiger partial charge in [-0.2, -0.15) is 5.10 Å². The van der Waals surface area contributed by atoms with Gasteiger partial charge in [0, 0.05) is 17.9 Å². The minimum absolute atomic E-state index is 0.414. The average Bonchev–Trinajstić information content (AvgIpc) is 2.85. The number of hydrogen-bond donors (Lipinski definition) is 1. The van der Waals surface area contributed by atoms with Crippen molar-refractivity contribution in [3.8, 4) is 0 Å². The highest BCUT2D eigenvalue weighted by Gasteiger charge is 2.06. The highest BCUT2D eigenvalue weighted by Crippen LogP contribution is 2.24. The molecule has 1 aromatic carbocycles. The molecule has 102 valence electrons. The summed E-state index contributed by atoms with van der Waals surface area (Å²) in [6.45, 7) is 9.47. The van der Waals surface area contributed by atoms with Crippen LogP contribution in [0.1, 0.15) is 50.9 Å². The lowest BCUT2D eigenvalue weighted by molar-refractivity contribution is 0.527. The van der Waals surface area contributed by atoms with Gasteiger partial charge in [-0.15, -0.1) is 0 Å². The zero-order valence-corrected chi connectivity index (χ0v) is 12.2. The number of nitrogens with one attached hydrogen (secondary N) is 1. The van der Waals surface area contributed by atoms with Crippen LogP contribution < -0.4 is 5.32 Å². The van der Waals surface area contributed by atoms with E-state index in [0.717, 1.165) is 12.2 Å². The van der Waals surface area contributed by atoms with Gasteiger partial charge < -0.3 is 5.32 Å². The van der Waals surface area contributed by atoms with Crippen LogP contribution in [-0.2, 0) is 6.54 Å². The molecule has 0 saturated carbocycles. The number of anilines is 1. The quantitative estimate of drug-likeness (QED) is 0.870. The molecular weight excluding hydrogens is 234 g/mol. The summed E-state index contributed by atoms with van der Waals surface area (Å²) in [5.74, 6) is 0.525. The normalized spacial score (nSPS) is 11.3. The molecule has 0 amide bonds. The van der Waals surface area contributed by atoms with Crippen molar-refractivity contribution in [3.05, 3.63) is 47.8 Å². The van der Waals surface area contributed by atoms with Gasteiger partial charge in [0.2, 0.25) is 0 Å². The Hall–Kier alpha value is -1.77. The molecule has 0 aliphatic rings. The first-order valence-corrected chi connectivity index (χ1v) is 6.94. The molecule has 0 atom stereocenters. The molecule has 0 saturated heterocycles. The summed E-state index contributed by atoms with van der Waals surface area (Å²) in [5, 5.41) is 8.04. The van der Waals surface area contributed by atoms with E-state index in [1.165, 1.54) is 11.3 Å². The standard InChI is InChI=1S/C16H23N3/c1-12(2)15-7-5-6-8-16(15)17-11-14-9-10-19(18-14)13(3)4/h5-10,12-13,17H,11H2,1-4H3. The lowest BCUT2D eigenvalue weighted by atomic mass is 10.0. The Morgan fingerprint density at radius 1 is 1.11 bits per heavy atom. The molecule has 19 heavy (non-hydrogen) atoms. The minimum atomic E-state index is 0.414. The minimum Gasteiger partial charge on any atom is -0.379 e. The maximum absolute atomic E-state index is 4.55. The molecular formula is C16H23N3. The fourth-order valence-corrected chi connectivity index (χ4v) is 2.11. The van der Waals surface area contributed by atoms with E-state index in [2.05, 4.69) is 68.4 Å². The molecule has 0 aliphatic carbocycles. The highest BCUT2D eigenvalue weighted by atomic mass is 15.3. The molecule has 1 N–H and O–H groups in total. The van der Waals surface area contributed by atoms with Crippen LogP contribution in [0.2, 0.25) is 0 Å². The summed E-state index contributed by atoms with van der Waals surface area (Å²) in [6, 6.07) is 11.0. The molecule has 3 nitrogen and oxygen atoms in total. The van der Waals surface area contributed by atoms with E-state index in [1.54, 1.807) is 0 Å². The summed E-state index contributed by atoms with van der Waals surface area (Å²) in [6.07, 6.45) is 2.04. The number of hydrogen-bond acceptors (Lipinski definition) is 2. The Kier molecular flexibility index (Phi) is 4.25. The summed E-state index contributed by atoms with van der Waals surface area (Å²) >= 11 is 0. The number of benzene rings is 1. The molecule has 1 aromatic heterocycles. The molecule has 0 fully saturated rings. The van der Waals surface area contributed by atoms with Gasteiger partial charge in [0.1, 0.15) is 0 Å². The fraction of sp³-hybridized carbons (Fsp3) is 0.438. The van der Waals surface area contributed by atoms with Crippen LogP contribution in [0.5, 0.6) is 0 Å². The maximum atomic E-state index is 4.55. The van der Waals surface area contributed by atoms with E-state index in [-0.39, 0.29) is 0 Å². The van der Waals surface area contributed by atoms with Gasteiger partial charge in [-0.25, -0.2) is 0 Å². The average molecular weight is 257 g/mol. The van der Waals surface area contributed by atoms with Crippen molar-refractivity contribution in [2.75, 3.05) is 5.32 Å². The monoisotopic (exact) mass is 257 g/mol. The van der Waals surface area contributed by atoms with Crippen molar-refractivity contribution in [1.82, 2.24) is 9.78 Å². The Bertz CT molecular complexity index is 526. The molecule has 0 spiro atoms. The van der Waals surface area contributed by atoms with Crippen molar-refractivity contribution >= 4 is 5.69 Å². The number of rotatable bonds is 5. The lowest BCUT2D eigenvalue weighted by Gasteiger charge is -2.13. The van der Waals surface area contributed by atoms with Gasteiger partial charge in [-0.3, -0.25) is 4.68 Å². The van der Waals surface area contributed by atoms with Crippen molar-refractivity contribution in [2.24, 2.45) is 0 Å². The summed E-state index contributed by atoms with van der Waals surface area (Å²) < 4.78 is 1.99. The van der Waals surface area contributed by atoms with Gasteiger partial charge in [-0.05, 0) is 37.5 Å². The second-order valence-corrected chi connectivity index (χ2v) is 5.48. The van der Waals surface area contributed by atoms with Crippen molar-refractivity contribution in [2.45, 2.75) is 46.2 Å². The molecule has 0 radical (unpaired) electrons. The van der Waals surface area contributed by atoms with Crippen LogP contribution in [0.15, 0.2) is 36.5 Å². The zero-order chi connectivity index (χ0) is 13.8. The molecule has 3 heteroatoms. The first kappa shape index (κ1) is 13.7. The van der Waals surface area contributed by atoms with E-state index in [1.807, 2.05) is 10.9 Å². The van der Waals surface area contributed by atoms with Crippen molar-refractivity contribution < 1.29 is 0 Å². The van der Waals surface area contributed by atoms with Crippen LogP contribution in [0, 0.1) is 0 Å². The summed E-state index contributed by atoms with van der Waals surface area (Å²) in [4.78, 5) is 0. The van der Waals surface area contributed by atoms with Gasteiger partial charge in [0.05, 0.1) is 12.2 Å². The van der Waals surface area contributed by atoms with E-state index < -0.39 is 0 Å². The van der Waals surface area contributed by atoms with Crippen molar-refractivity contribution in [3.63, 3.8) is 0 Å². The van der Waals surface area contributed by atoms with Gasteiger partial charge in [-0.1, -0.05) is 32.0 Å². The first-order chi connectivity index (χ1) is 9.08. The van der Waals surface area contributed by atoms with E-state index in [0.29, 0.717) is 12.0 Å². The third kappa shape index (κ3) is 3.37. The fourth-order valence-electron chi connectivity index (χ4n) is 2.11. The predicted octanol–water partition coefficient (Wildman–Crippen LogP) is 4.20. The Balaban J connectivity index is 2.06. The van der Waals surface area contributed by atoms with Crippen LogP contribution in [0.4, 0.5) is 5.69 Å². The first-order valence-electron chi connectivity index (χ1n) is 6.94. The molecule has 2 rings (SSSR count). The number of nitrogens with zero attached hydrogens (tertiary/aromatic N) is 2.